The Bertz CT molecular complexity index is 504. The first kappa shape index (κ1) is 24.2. The first-order valence-electron chi connectivity index (χ1n) is 8.12. The first-order chi connectivity index (χ1) is 11.7. The standard InChI is InChI=1S/C17H28ClN3O3.HI/c1-4-19-17(20-8-5-9-24-11-10-22-2)21-13-14-6-7-15(18)12-16(14)23-3;/h6-7,12H,4-5,8-11,13H2,1-3H3,(H2,19,20,21);1H. The Morgan fingerprint density at radius 1 is 1.16 bits per heavy atom. The molecule has 0 amide bonds. The molecule has 1 rings (SSSR count). The number of nitrogens with one attached hydrogen (secondary N) is 2. The van der Waals surface area contributed by atoms with Gasteiger partial charge in [-0.3, -0.25) is 0 Å². The van der Waals surface area contributed by atoms with Crippen LogP contribution in [0.25, 0.3) is 0 Å². The summed E-state index contributed by atoms with van der Waals surface area (Å²) in [6, 6.07) is 5.56. The molecule has 25 heavy (non-hydrogen) atoms. The van der Waals surface area contributed by atoms with Crippen molar-refractivity contribution >= 4 is 41.5 Å². The average molecular weight is 486 g/mol. The van der Waals surface area contributed by atoms with Gasteiger partial charge in [0, 0.05) is 37.4 Å². The van der Waals surface area contributed by atoms with Crippen molar-refractivity contribution in [3.63, 3.8) is 0 Å². The van der Waals surface area contributed by atoms with Crippen LogP contribution in [-0.2, 0) is 16.0 Å². The fraction of sp³-hybridized carbons (Fsp3) is 0.588. The molecule has 0 bridgehead atoms. The lowest BCUT2D eigenvalue weighted by atomic mass is 10.2. The van der Waals surface area contributed by atoms with Crippen molar-refractivity contribution < 1.29 is 14.2 Å². The molecule has 0 aliphatic heterocycles. The third-order valence-electron chi connectivity index (χ3n) is 3.19. The number of benzene rings is 1. The van der Waals surface area contributed by atoms with Crippen molar-refractivity contribution in [1.29, 1.82) is 0 Å². The summed E-state index contributed by atoms with van der Waals surface area (Å²) in [4.78, 5) is 4.58. The number of methoxy groups -OCH3 is 2. The maximum Gasteiger partial charge on any atom is 0.191 e. The van der Waals surface area contributed by atoms with E-state index in [2.05, 4.69) is 15.6 Å². The van der Waals surface area contributed by atoms with Crippen LogP contribution in [0.15, 0.2) is 23.2 Å². The molecule has 0 heterocycles. The Balaban J connectivity index is 0.00000576. The van der Waals surface area contributed by atoms with Crippen molar-refractivity contribution in [2.24, 2.45) is 4.99 Å². The molecule has 0 aliphatic carbocycles. The molecule has 0 unspecified atom stereocenters. The van der Waals surface area contributed by atoms with Crippen LogP contribution in [0.5, 0.6) is 5.75 Å². The normalized spacial score (nSPS) is 11.0. The average Bonchev–Trinajstić information content (AvgIpc) is 2.59. The molecule has 0 spiro atoms. The minimum Gasteiger partial charge on any atom is -0.496 e. The summed E-state index contributed by atoms with van der Waals surface area (Å²) < 4.78 is 15.7. The summed E-state index contributed by atoms with van der Waals surface area (Å²) >= 11 is 5.98. The summed E-state index contributed by atoms with van der Waals surface area (Å²) in [5.74, 6) is 1.51. The van der Waals surface area contributed by atoms with Crippen LogP contribution in [0.3, 0.4) is 0 Å². The van der Waals surface area contributed by atoms with Gasteiger partial charge in [0.1, 0.15) is 5.75 Å². The third kappa shape index (κ3) is 10.7. The summed E-state index contributed by atoms with van der Waals surface area (Å²) in [5.41, 5.74) is 0.988. The molecule has 0 saturated carbocycles. The monoisotopic (exact) mass is 485 g/mol. The summed E-state index contributed by atoms with van der Waals surface area (Å²) in [5, 5.41) is 7.17. The molecule has 8 heteroatoms. The number of hydrogen-bond acceptors (Lipinski definition) is 4. The van der Waals surface area contributed by atoms with Gasteiger partial charge in [-0.05, 0) is 25.5 Å². The molecule has 6 nitrogen and oxygen atoms in total. The second-order valence-electron chi connectivity index (χ2n) is 5.04. The predicted octanol–water partition coefficient (Wildman–Crippen LogP) is 3.07. The summed E-state index contributed by atoms with van der Waals surface area (Å²) in [6.07, 6.45) is 0.901. The zero-order chi connectivity index (χ0) is 17.6. The Kier molecular flexibility index (Phi) is 15.0. The summed E-state index contributed by atoms with van der Waals surface area (Å²) in [7, 11) is 3.30. The molecule has 0 saturated heterocycles. The molecule has 0 aromatic heterocycles. The largest absolute Gasteiger partial charge is 0.496 e. The van der Waals surface area contributed by atoms with Crippen LogP contribution in [0, 0.1) is 0 Å². The van der Waals surface area contributed by atoms with E-state index >= 15 is 0 Å². The van der Waals surface area contributed by atoms with Crippen LogP contribution in [0.2, 0.25) is 5.02 Å². The Labute approximate surface area is 172 Å². The lowest BCUT2D eigenvalue weighted by molar-refractivity contribution is 0.0698. The number of ether oxygens (including phenoxy) is 3. The lowest BCUT2D eigenvalue weighted by Gasteiger charge is -2.12. The smallest absolute Gasteiger partial charge is 0.191 e. The Morgan fingerprint density at radius 2 is 1.96 bits per heavy atom. The van der Waals surface area contributed by atoms with Crippen LogP contribution in [-0.4, -0.2) is 53.1 Å². The van der Waals surface area contributed by atoms with Gasteiger partial charge >= 0.3 is 0 Å². The third-order valence-corrected chi connectivity index (χ3v) is 3.43. The van der Waals surface area contributed by atoms with Gasteiger partial charge in [-0.15, -0.1) is 24.0 Å². The van der Waals surface area contributed by atoms with E-state index in [0.29, 0.717) is 31.4 Å². The van der Waals surface area contributed by atoms with Crippen LogP contribution in [0.4, 0.5) is 0 Å². The molecular weight excluding hydrogens is 457 g/mol. The van der Waals surface area contributed by atoms with Crippen LogP contribution < -0.4 is 15.4 Å². The number of hydrogen-bond donors (Lipinski definition) is 2. The SMILES string of the molecule is CCNC(=NCc1ccc(Cl)cc1OC)NCCCOCCOC.I. The van der Waals surface area contributed by atoms with E-state index in [1.807, 2.05) is 19.1 Å². The minimum atomic E-state index is 0. The highest BCUT2D eigenvalue weighted by Crippen LogP contribution is 2.23. The Hall–Kier alpha value is -0.770. The molecule has 0 fully saturated rings. The number of aliphatic imine (C=N–C) groups is 1. The number of guanidine groups is 1. The van der Waals surface area contributed by atoms with Gasteiger partial charge in [0.05, 0.1) is 26.9 Å². The zero-order valence-electron chi connectivity index (χ0n) is 15.1. The topological polar surface area (TPSA) is 64.1 Å². The highest BCUT2D eigenvalue weighted by molar-refractivity contribution is 14.0. The fourth-order valence-electron chi connectivity index (χ4n) is 1.98. The van der Waals surface area contributed by atoms with E-state index in [0.717, 1.165) is 36.8 Å². The zero-order valence-corrected chi connectivity index (χ0v) is 18.2. The van der Waals surface area contributed by atoms with Gasteiger partial charge < -0.3 is 24.8 Å². The van der Waals surface area contributed by atoms with E-state index in [9.17, 15) is 0 Å². The van der Waals surface area contributed by atoms with Crippen molar-refractivity contribution in [2.75, 3.05) is 47.1 Å². The quantitative estimate of drug-likeness (QED) is 0.218. The molecule has 0 atom stereocenters. The first-order valence-corrected chi connectivity index (χ1v) is 8.50. The predicted molar refractivity (Wildman–Crippen MR) is 114 cm³/mol. The number of rotatable bonds is 11. The van der Waals surface area contributed by atoms with Gasteiger partial charge in [0.2, 0.25) is 0 Å². The molecule has 1 aromatic carbocycles. The molecule has 144 valence electrons. The highest BCUT2D eigenvalue weighted by Gasteiger charge is 2.04. The van der Waals surface area contributed by atoms with Crippen molar-refractivity contribution in [3.8, 4) is 5.75 Å². The van der Waals surface area contributed by atoms with Crippen LogP contribution in [0.1, 0.15) is 18.9 Å². The van der Waals surface area contributed by atoms with Crippen molar-refractivity contribution in [3.05, 3.63) is 28.8 Å². The molecule has 0 aliphatic rings. The van der Waals surface area contributed by atoms with Crippen LogP contribution >= 0.6 is 35.6 Å². The van der Waals surface area contributed by atoms with Gasteiger partial charge in [-0.25, -0.2) is 4.99 Å². The van der Waals surface area contributed by atoms with E-state index in [4.69, 9.17) is 25.8 Å². The Morgan fingerprint density at radius 3 is 2.64 bits per heavy atom. The highest BCUT2D eigenvalue weighted by atomic mass is 127. The second kappa shape index (κ2) is 15.5. The molecular formula is C17H29ClIN3O3. The fourth-order valence-corrected chi connectivity index (χ4v) is 2.14. The molecule has 0 radical (unpaired) electrons. The van der Waals surface area contributed by atoms with Crippen molar-refractivity contribution in [2.45, 2.75) is 19.9 Å². The molecule has 1 aromatic rings. The van der Waals surface area contributed by atoms with Crippen molar-refractivity contribution in [1.82, 2.24) is 10.6 Å². The number of halogens is 2. The molecule has 2 N–H and O–H groups in total. The van der Waals surface area contributed by atoms with Gasteiger partial charge in [0.15, 0.2) is 5.96 Å². The van der Waals surface area contributed by atoms with Gasteiger partial charge in [0.25, 0.3) is 0 Å². The van der Waals surface area contributed by atoms with Gasteiger partial charge in [-0.1, -0.05) is 17.7 Å². The van der Waals surface area contributed by atoms with E-state index < -0.39 is 0 Å². The number of nitrogens with zero attached hydrogens (tertiary/aromatic N) is 1. The van der Waals surface area contributed by atoms with E-state index in [1.54, 1.807) is 20.3 Å². The minimum absolute atomic E-state index is 0. The van der Waals surface area contributed by atoms with E-state index in [1.165, 1.54) is 0 Å². The van der Waals surface area contributed by atoms with Gasteiger partial charge in [-0.2, -0.15) is 0 Å². The summed E-state index contributed by atoms with van der Waals surface area (Å²) in [6.45, 7) is 6.08. The maximum absolute atomic E-state index is 5.98. The maximum atomic E-state index is 5.98. The lowest BCUT2D eigenvalue weighted by Crippen LogP contribution is -2.38. The van der Waals surface area contributed by atoms with E-state index in [-0.39, 0.29) is 24.0 Å². The second-order valence-corrected chi connectivity index (χ2v) is 5.47.